The van der Waals surface area contributed by atoms with Crippen molar-refractivity contribution in [1.29, 1.82) is 0 Å². The maximum Gasteiger partial charge on any atom is 0.294 e. The molecule has 0 spiro atoms. The van der Waals surface area contributed by atoms with Gasteiger partial charge >= 0.3 is 0 Å². The van der Waals surface area contributed by atoms with Crippen molar-refractivity contribution in [2.45, 2.75) is 88.9 Å². The van der Waals surface area contributed by atoms with Crippen LogP contribution >= 0.6 is 0 Å². The van der Waals surface area contributed by atoms with Crippen LogP contribution < -0.4 is 4.74 Å². The molecule has 172 valence electrons. The molecule has 0 saturated carbocycles. The summed E-state index contributed by atoms with van der Waals surface area (Å²) in [6.07, 6.45) is 13.9. The summed E-state index contributed by atoms with van der Waals surface area (Å²) in [5, 5.41) is 10.6. The Hall–Kier alpha value is -2.05. The van der Waals surface area contributed by atoms with Gasteiger partial charge in [0.1, 0.15) is 5.75 Å². The minimum absolute atomic E-state index is 0.0272. The Morgan fingerprint density at radius 3 is 1.90 bits per heavy atom. The van der Waals surface area contributed by atoms with Crippen LogP contribution in [0.1, 0.15) is 83.1 Å². The van der Waals surface area contributed by atoms with Crippen LogP contribution in [0.5, 0.6) is 17.2 Å². The number of aryl methyl sites for hydroxylation is 1. The Morgan fingerprint density at radius 1 is 0.806 bits per heavy atom. The van der Waals surface area contributed by atoms with Gasteiger partial charge in [-0.1, -0.05) is 89.3 Å². The van der Waals surface area contributed by atoms with Gasteiger partial charge in [0.2, 0.25) is 0 Å². The fourth-order valence-corrected chi connectivity index (χ4v) is 4.20. The van der Waals surface area contributed by atoms with Crippen molar-refractivity contribution in [2.75, 3.05) is 0 Å². The monoisotopic (exact) mass is 448 g/mol. The number of unbranched alkanes of at least 4 members (excludes halogenated alkanes) is 10. The molecule has 0 saturated heterocycles. The third-order valence-corrected chi connectivity index (χ3v) is 6.28. The SMILES string of the molecule is CCCCCCCCCCCCCc1cc(S(=O)(=O)O)cc(Oc2ccccc2)c1O. The lowest BCUT2D eigenvalue weighted by Crippen LogP contribution is -2.01. The smallest absolute Gasteiger partial charge is 0.294 e. The summed E-state index contributed by atoms with van der Waals surface area (Å²) >= 11 is 0. The van der Waals surface area contributed by atoms with Crippen LogP contribution in [0.25, 0.3) is 0 Å². The first-order valence-corrected chi connectivity index (χ1v) is 12.9. The molecule has 0 unspecified atom stereocenters. The predicted octanol–water partition coefficient (Wildman–Crippen LogP) is 7.28. The number of phenols is 1. The lowest BCUT2D eigenvalue weighted by Gasteiger charge is -2.13. The number of rotatable bonds is 15. The van der Waals surface area contributed by atoms with Gasteiger partial charge in [-0.05, 0) is 36.6 Å². The average molecular weight is 449 g/mol. The Morgan fingerprint density at radius 2 is 1.35 bits per heavy atom. The zero-order valence-corrected chi connectivity index (χ0v) is 19.4. The molecule has 0 radical (unpaired) electrons. The van der Waals surface area contributed by atoms with E-state index in [0.717, 1.165) is 25.3 Å². The molecular formula is C25H36O5S. The van der Waals surface area contributed by atoms with Crippen LogP contribution in [-0.2, 0) is 16.5 Å². The van der Waals surface area contributed by atoms with Crippen molar-refractivity contribution < 1.29 is 22.8 Å². The molecule has 0 amide bonds. The molecule has 0 atom stereocenters. The van der Waals surface area contributed by atoms with Gasteiger partial charge in [0.25, 0.3) is 10.1 Å². The van der Waals surface area contributed by atoms with Gasteiger partial charge in [-0.2, -0.15) is 8.42 Å². The number of benzene rings is 2. The highest BCUT2D eigenvalue weighted by Gasteiger charge is 2.18. The molecule has 0 fully saturated rings. The van der Waals surface area contributed by atoms with E-state index < -0.39 is 10.1 Å². The van der Waals surface area contributed by atoms with Crippen molar-refractivity contribution in [2.24, 2.45) is 0 Å². The van der Waals surface area contributed by atoms with E-state index in [9.17, 15) is 18.1 Å². The van der Waals surface area contributed by atoms with E-state index in [4.69, 9.17) is 4.74 Å². The molecule has 2 aromatic carbocycles. The topological polar surface area (TPSA) is 83.8 Å². The van der Waals surface area contributed by atoms with Crippen molar-refractivity contribution >= 4 is 10.1 Å². The van der Waals surface area contributed by atoms with E-state index in [2.05, 4.69) is 6.92 Å². The fraction of sp³-hybridized carbons (Fsp3) is 0.520. The third kappa shape index (κ3) is 9.32. The normalized spacial score (nSPS) is 11.5. The second-order valence-corrected chi connectivity index (χ2v) is 9.53. The molecule has 0 aromatic heterocycles. The van der Waals surface area contributed by atoms with E-state index in [-0.39, 0.29) is 16.4 Å². The molecule has 0 aliphatic heterocycles. The summed E-state index contributed by atoms with van der Waals surface area (Å²) in [7, 11) is -4.40. The summed E-state index contributed by atoms with van der Waals surface area (Å²) in [6.45, 7) is 2.23. The molecule has 0 aliphatic carbocycles. The maximum atomic E-state index is 11.7. The van der Waals surface area contributed by atoms with Gasteiger partial charge in [0.15, 0.2) is 11.5 Å². The maximum absolute atomic E-state index is 11.7. The number of ether oxygens (including phenoxy) is 1. The summed E-state index contributed by atoms with van der Waals surface area (Å²) in [4.78, 5) is -0.269. The minimum Gasteiger partial charge on any atom is -0.504 e. The van der Waals surface area contributed by atoms with E-state index >= 15 is 0 Å². The van der Waals surface area contributed by atoms with Gasteiger partial charge in [-0.25, -0.2) is 0 Å². The molecule has 0 bridgehead atoms. The standard InChI is InChI=1S/C25H36O5S/c1-2-3-4-5-6-7-8-9-10-11-13-16-21-19-23(31(27,28)29)20-24(25(21)26)30-22-17-14-12-15-18-22/h12,14-15,17-20,26H,2-11,13,16H2,1H3,(H,27,28,29). The van der Waals surface area contributed by atoms with Gasteiger partial charge in [0.05, 0.1) is 4.90 Å². The van der Waals surface area contributed by atoms with Gasteiger partial charge in [-0.3, -0.25) is 4.55 Å². The largest absolute Gasteiger partial charge is 0.504 e. The molecule has 6 heteroatoms. The highest BCUT2D eigenvalue weighted by atomic mass is 32.2. The third-order valence-electron chi connectivity index (χ3n) is 5.45. The first kappa shape index (κ1) is 25.2. The Labute approximate surface area is 187 Å². The zero-order valence-electron chi connectivity index (χ0n) is 18.6. The quantitative estimate of drug-likeness (QED) is 0.221. The van der Waals surface area contributed by atoms with Crippen LogP contribution in [0.2, 0.25) is 0 Å². The van der Waals surface area contributed by atoms with E-state index in [1.54, 1.807) is 24.3 Å². The first-order chi connectivity index (χ1) is 14.9. The summed E-state index contributed by atoms with van der Waals surface area (Å²) < 4.78 is 38.5. The van der Waals surface area contributed by atoms with Crippen molar-refractivity contribution in [3.05, 3.63) is 48.0 Å². The molecule has 2 rings (SSSR count). The predicted molar refractivity (Wildman–Crippen MR) is 125 cm³/mol. The molecule has 5 nitrogen and oxygen atoms in total. The first-order valence-electron chi connectivity index (χ1n) is 11.5. The molecule has 0 aliphatic rings. The van der Waals surface area contributed by atoms with Crippen LogP contribution in [0.4, 0.5) is 0 Å². The number of phenolic OH excluding ortho intramolecular Hbond substituents is 1. The van der Waals surface area contributed by atoms with Crippen molar-refractivity contribution in [3.8, 4) is 17.2 Å². The number of aromatic hydroxyl groups is 1. The lowest BCUT2D eigenvalue weighted by molar-refractivity contribution is 0.403. The molecule has 0 heterocycles. The summed E-state index contributed by atoms with van der Waals surface area (Å²) in [6, 6.07) is 11.3. The molecule has 2 aromatic rings. The van der Waals surface area contributed by atoms with Crippen LogP contribution in [-0.4, -0.2) is 18.1 Å². The fourth-order valence-electron chi connectivity index (χ4n) is 3.65. The Kier molecular flexibility index (Phi) is 10.9. The van der Waals surface area contributed by atoms with Crippen LogP contribution in [0.15, 0.2) is 47.4 Å². The average Bonchev–Trinajstić information content (AvgIpc) is 2.74. The van der Waals surface area contributed by atoms with E-state index in [1.807, 2.05) is 6.07 Å². The molecule has 31 heavy (non-hydrogen) atoms. The summed E-state index contributed by atoms with van der Waals surface area (Å²) in [5.74, 6) is 0.425. The Bertz CT molecular complexity index is 878. The van der Waals surface area contributed by atoms with Crippen molar-refractivity contribution in [1.82, 2.24) is 0 Å². The van der Waals surface area contributed by atoms with Gasteiger partial charge in [0, 0.05) is 6.07 Å². The minimum atomic E-state index is -4.40. The number of para-hydroxylation sites is 1. The second kappa shape index (κ2) is 13.4. The van der Waals surface area contributed by atoms with E-state index in [1.165, 1.54) is 57.4 Å². The second-order valence-electron chi connectivity index (χ2n) is 8.10. The van der Waals surface area contributed by atoms with Crippen LogP contribution in [0, 0.1) is 0 Å². The van der Waals surface area contributed by atoms with E-state index in [0.29, 0.717) is 17.7 Å². The number of hydrogen-bond acceptors (Lipinski definition) is 4. The molecular weight excluding hydrogens is 412 g/mol. The van der Waals surface area contributed by atoms with Gasteiger partial charge in [-0.15, -0.1) is 0 Å². The Balaban J connectivity index is 1.86. The lowest BCUT2D eigenvalue weighted by atomic mass is 10.0. The highest BCUT2D eigenvalue weighted by molar-refractivity contribution is 7.85. The number of hydrogen-bond donors (Lipinski definition) is 2. The van der Waals surface area contributed by atoms with Gasteiger partial charge < -0.3 is 9.84 Å². The highest BCUT2D eigenvalue weighted by Crippen LogP contribution is 2.37. The summed E-state index contributed by atoms with van der Waals surface area (Å²) in [5.41, 5.74) is 0.469. The zero-order chi connectivity index (χ0) is 22.5. The van der Waals surface area contributed by atoms with Crippen molar-refractivity contribution in [3.63, 3.8) is 0 Å². The van der Waals surface area contributed by atoms with Crippen LogP contribution in [0.3, 0.4) is 0 Å². The molecule has 2 N–H and O–H groups in total.